The number of nitro groups is 1. The lowest BCUT2D eigenvalue weighted by atomic mass is 10.1. The number of pyridine rings is 1. The molecule has 11 heteroatoms. The molecular weight excluding hydrogens is 370 g/mol. The molecule has 0 radical (unpaired) electrons. The summed E-state index contributed by atoms with van der Waals surface area (Å²) >= 11 is 0. The van der Waals surface area contributed by atoms with Gasteiger partial charge in [0.25, 0.3) is 0 Å². The maximum absolute atomic E-state index is 12.3. The fraction of sp³-hybridized carbons (Fsp3) is 0.235. The number of aromatic nitrogens is 1. The minimum absolute atomic E-state index is 0.0547. The Morgan fingerprint density at radius 1 is 1.29 bits per heavy atom. The fourth-order valence-corrected chi connectivity index (χ4v) is 2.27. The summed E-state index contributed by atoms with van der Waals surface area (Å²) in [6.07, 6.45) is -0.788. The van der Waals surface area contributed by atoms with E-state index in [1.54, 1.807) is 31.2 Å². The lowest BCUT2D eigenvalue weighted by molar-refractivity contribution is -0.383. The Morgan fingerprint density at radius 2 is 1.96 bits per heavy atom. The number of benzene rings is 1. The first kappa shape index (κ1) is 20.4. The van der Waals surface area contributed by atoms with Gasteiger partial charge in [-0.05, 0) is 31.2 Å². The number of nitrogens with two attached hydrogens (primary N) is 1. The molecule has 0 aliphatic carbocycles. The molecule has 0 saturated heterocycles. The molecule has 4 N–H and O–H groups in total. The third kappa shape index (κ3) is 5.06. The topological polar surface area (TPSA) is 159 Å². The van der Waals surface area contributed by atoms with Gasteiger partial charge >= 0.3 is 11.8 Å². The van der Waals surface area contributed by atoms with Crippen LogP contribution in [0.5, 0.6) is 5.75 Å². The number of nitrogens with one attached hydrogen (secondary N) is 2. The maximum atomic E-state index is 12.3. The van der Waals surface area contributed by atoms with E-state index in [4.69, 9.17) is 15.2 Å². The number of ketones is 1. The van der Waals surface area contributed by atoms with Crippen LogP contribution in [0, 0.1) is 10.1 Å². The third-order valence-electron chi connectivity index (χ3n) is 3.56. The summed E-state index contributed by atoms with van der Waals surface area (Å²) in [6.45, 7) is 1.51. The number of nitrogens with zero attached hydrogens (tertiary/aromatic N) is 2. The van der Waals surface area contributed by atoms with Gasteiger partial charge in [0.2, 0.25) is 5.82 Å². The number of methoxy groups -OCH3 is 1. The number of amides is 1. The highest BCUT2D eigenvalue weighted by Crippen LogP contribution is 2.32. The Morgan fingerprint density at radius 3 is 2.54 bits per heavy atom. The first-order chi connectivity index (χ1) is 13.3. The van der Waals surface area contributed by atoms with Crippen LogP contribution in [0.15, 0.2) is 30.3 Å². The fourth-order valence-electron chi connectivity index (χ4n) is 2.27. The molecule has 2 aromatic rings. The molecule has 1 aromatic carbocycles. The van der Waals surface area contributed by atoms with E-state index >= 15 is 0 Å². The second kappa shape index (κ2) is 9.16. The predicted octanol–water partition coefficient (Wildman–Crippen LogP) is 2.44. The van der Waals surface area contributed by atoms with Crippen molar-refractivity contribution >= 4 is 34.9 Å². The van der Waals surface area contributed by atoms with Gasteiger partial charge in [-0.1, -0.05) is 0 Å². The van der Waals surface area contributed by atoms with Gasteiger partial charge in [-0.2, -0.15) is 0 Å². The Labute approximate surface area is 160 Å². The number of nitrogen functional groups attached to an aromatic ring is 1. The smallest absolute Gasteiger partial charge is 0.412 e. The van der Waals surface area contributed by atoms with Crippen LogP contribution in [0.2, 0.25) is 0 Å². The Kier molecular flexibility index (Phi) is 6.68. The van der Waals surface area contributed by atoms with Crippen LogP contribution in [-0.2, 0) is 4.74 Å². The zero-order chi connectivity index (χ0) is 20.7. The average molecular weight is 389 g/mol. The highest BCUT2D eigenvalue weighted by molar-refractivity contribution is 5.99. The molecule has 0 unspecified atom stereocenters. The first-order valence-corrected chi connectivity index (χ1v) is 8.15. The number of anilines is 3. The van der Waals surface area contributed by atoms with E-state index in [2.05, 4.69) is 15.6 Å². The molecule has 148 valence electrons. The lowest BCUT2D eigenvalue weighted by Gasteiger charge is -2.11. The molecule has 28 heavy (non-hydrogen) atoms. The zero-order valence-corrected chi connectivity index (χ0v) is 15.2. The second-order valence-electron chi connectivity index (χ2n) is 5.40. The van der Waals surface area contributed by atoms with Crippen LogP contribution in [0.4, 0.5) is 27.8 Å². The highest BCUT2D eigenvalue weighted by atomic mass is 16.6. The van der Waals surface area contributed by atoms with Gasteiger partial charge in [-0.3, -0.25) is 20.2 Å². The van der Waals surface area contributed by atoms with Crippen molar-refractivity contribution in [2.24, 2.45) is 0 Å². The molecular formula is C17H19N5O6. The molecule has 0 atom stereocenters. The van der Waals surface area contributed by atoms with Crippen molar-refractivity contribution in [3.05, 3.63) is 46.0 Å². The minimum Gasteiger partial charge on any atom is -0.497 e. The van der Waals surface area contributed by atoms with E-state index in [-0.39, 0.29) is 30.4 Å². The standard InChI is InChI=1S/C17H19N5O6/c1-3-28-17(24)21-14-8-12(15(22(25)26)16(18)20-14)19-9-13(23)10-4-6-11(27-2)7-5-10/h4-8H,3,9H2,1-2H3,(H4,18,19,20,21,24). The molecule has 1 heterocycles. The number of Topliss-reactive ketones (excluding diaryl/α,β-unsaturated/α-hetero) is 1. The van der Waals surface area contributed by atoms with Crippen LogP contribution in [-0.4, -0.2) is 42.0 Å². The van der Waals surface area contributed by atoms with Crippen molar-refractivity contribution < 1.29 is 24.0 Å². The Bertz CT molecular complexity index is 884. The summed E-state index contributed by atoms with van der Waals surface area (Å²) in [5.41, 5.74) is 5.46. The van der Waals surface area contributed by atoms with Crippen molar-refractivity contribution in [3.63, 3.8) is 0 Å². The van der Waals surface area contributed by atoms with Crippen LogP contribution >= 0.6 is 0 Å². The van der Waals surface area contributed by atoms with Gasteiger partial charge in [0, 0.05) is 11.6 Å². The van der Waals surface area contributed by atoms with Gasteiger partial charge in [-0.15, -0.1) is 0 Å². The number of rotatable bonds is 8. The second-order valence-corrected chi connectivity index (χ2v) is 5.40. The van der Waals surface area contributed by atoms with Gasteiger partial charge in [0.15, 0.2) is 5.78 Å². The van der Waals surface area contributed by atoms with E-state index in [1.807, 2.05) is 0 Å². The highest BCUT2D eigenvalue weighted by Gasteiger charge is 2.22. The van der Waals surface area contributed by atoms with Gasteiger partial charge in [0.1, 0.15) is 17.3 Å². The van der Waals surface area contributed by atoms with Crippen molar-refractivity contribution in [3.8, 4) is 5.75 Å². The summed E-state index contributed by atoms with van der Waals surface area (Å²) in [5, 5.41) is 16.3. The number of carbonyl (C=O) groups excluding carboxylic acids is 2. The summed E-state index contributed by atoms with van der Waals surface area (Å²) < 4.78 is 9.76. The quantitative estimate of drug-likeness (QED) is 0.350. The molecule has 0 saturated carbocycles. The number of ether oxygens (including phenoxy) is 2. The number of carbonyl (C=O) groups is 2. The summed E-state index contributed by atoms with van der Waals surface area (Å²) in [6, 6.07) is 7.60. The van der Waals surface area contributed by atoms with E-state index < -0.39 is 22.5 Å². The molecule has 0 aliphatic heterocycles. The number of hydrogen-bond acceptors (Lipinski definition) is 9. The van der Waals surface area contributed by atoms with Crippen LogP contribution in [0.1, 0.15) is 17.3 Å². The molecule has 0 aliphatic rings. The van der Waals surface area contributed by atoms with Crippen molar-refractivity contribution in [1.82, 2.24) is 4.98 Å². The van der Waals surface area contributed by atoms with E-state index in [0.29, 0.717) is 11.3 Å². The maximum Gasteiger partial charge on any atom is 0.412 e. The largest absolute Gasteiger partial charge is 0.497 e. The van der Waals surface area contributed by atoms with E-state index in [0.717, 1.165) is 0 Å². The molecule has 1 aromatic heterocycles. The summed E-state index contributed by atoms with van der Waals surface area (Å²) in [7, 11) is 1.51. The van der Waals surface area contributed by atoms with E-state index in [9.17, 15) is 19.7 Å². The molecule has 11 nitrogen and oxygen atoms in total. The monoisotopic (exact) mass is 389 g/mol. The number of hydrogen-bond donors (Lipinski definition) is 3. The molecule has 2 rings (SSSR count). The molecule has 0 fully saturated rings. The lowest BCUT2D eigenvalue weighted by Crippen LogP contribution is -2.18. The van der Waals surface area contributed by atoms with Crippen LogP contribution < -0.4 is 21.1 Å². The van der Waals surface area contributed by atoms with Crippen molar-refractivity contribution in [2.75, 3.05) is 36.6 Å². The normalized spacial score (nSPS) is 10.1. The minimum atomic E-state index is -0.788. The average Bonchev–Trinajstić information content (AvgIpc) is 2.65. The van der Waals surface area contributed by atoms with E-state index in [1.165, 1.54) is 13.2 Å². The predicted molar refractivity (Wildman–Crippen MR) is 102 cm³/mol. The van der Waals surface area contributed by atoms with Gasteiger partial charge < -0.3 is 20.5 Å². The van der Waals surface area contributed by atoms with Gasteiger partial charge in [-0.25, -0.2) is 9.78 Å². The summed E-state index contributed by atoms with van der Waals surface area (Å²) in [5.74, 6) is -0.191. The molecule has 0 bridgehead atoms. The zero-order valence-electron chi connectivity index (χ0n) is 15.2. The first-order valence-electron chi connectivity index (χ1n) is 8.15. The van der Waals surface area contributed by atoms with Crippen molar-refractivity contribution in [1.29, 1.82) is 0 Å². The van der Waals surface area contributed by atoms with Crippen LogP contribution in [0.25, 0.3) is 0 Å². The molecule has 1 amide bonds. The van der Waals surface area contributed by atoms with Gasteiger partial charge in [0.05, 0.1) is 25.2 Å². The third-order valence-corrected chi connectivity index (χ3v) is 3.56. The Hall–Kier alpha value is -3.89. The van der Waals surface area contributed by atoms with Crippen LogP contribution in [0.3, 0.4) is 0 Å². The van der Waals surface area contributed by atoms with Crippen molar-refractivity contribution in [2.45, 2.75) is 6.92 Å². The summed E-state index contributed by atoms with van der Waals surface area (Å²) in [4.78, 5) is 38.2. The molecule has 0 spiro atoms. The Balaban J connectivity index is 2.21. The SMILES string of the molecule is CCOC(=O)Nc1cc(NCC(=O)c2ccc(OC)cc2)c([N+](=O)[O-])c(N)n1.